The van der Waals surface area contributed by atoms with E-state index < -0.39 is 0 Å². The Balaban J connectivity index is 1.25. The van der Waals surface area contributed by atoms with Gasteiger partial charge < -0.3 is 18.9 Å². The van der Waals surface area contributed by atoms with Crippen LogP contribution in [0.15, 0.2) is 340 Å². The second-order valence-electron chi connectivity index (χ2n) is 25.6. The molecule has 6 heteroatoms. The predicted octanol–water partition coefficient (Wildman–Crippen LogP) is 24.8. The van der Waals surface area contributed by atoms with Crippen molar-refractivity contribution < 1.29 is 0 Å². The van der Waals surface area contributed by atoms with E-state index in [9.17, 15) is 0 Å². The first kappa shape index (κ1) is 59.1. The molecule has 0 spiro atoms. The third kappa shape index (κ3) is 10.6. The summed E-state index contributed by atoms with van der Waals surface area (Å²) in [7, 11) is 0. The summed E-state index contributed by atoms with van der Waals surface area (Å²) >= 11 is 0. The van der Waals surface area contributed by atoms with Crippen LogP contribution in [-0.4, -0.2) is 19.1 Å². The molecule has 0 bridgehead atoms. The molecule has 0 saturated carbocycles. The molecule has 0 aliphatic rings. The standard InChI is InChI=1S/C92H68N6/c1-61-45-49-83-75(53-61)76-54-62(2)46-50-84(76)97(83)91-87(69-57-79(65-29-13-5-14-30-65)93-80(58-69)66-31-15-6-16-32-66)90(96(73-41-25-11-26-42-73)74-43-27-12-28-44-74)92(98-85-51-47-63(3)55-77(85)78-56-64(4)48-52-86(78)98)88(89(91)95(71-37-21-9-22-38-71)72-39-23-10-24-40-72)70-59-81(67-33-17-7-18-34-67)94-82(60-70)68-35-19-8-20-36-68/h5-60H,1-4H3. The molecule has 0 unspecified atom stereocenters. The van der Waals surface area contributed by atoms with Gasteiger partial charge in [-0.05, 0) is 160 Å². The van der Waals surface area contributed by atoms with E-state index >= 15 is 0 Å². The first-order valence-electron chi connectivity index (χ1n) is 33.6. The van der Waals surface area contributed by atoms with E-state index in [1.54, 1.807) is 0 Å². The summed E-state index contributed by atoms with van der Waals surface area (Å²) in [6.07, 6.45) is 0. The van der Waals surface area contributed by atoms with Gasteiger partial charge in [-0.3, -0.25) is 0 Å². The van der Waals surface area contributed by atoms with Crippen LogP contribution >= 0.6 is 0 Å². The Kier molecular flexibility index (Phi) is 15.0. The molecular weight excluding hydrogens is 1190 g/mol. The van der Waals surface area contributed by atoms with Gasteiger partial charge in [-0.15, -0.1) is 0 Å². The van der Waals surface area contributed by atoms with Crippen LogP contribution in [0.1, 0.15) is 22.3 Å². The Morgan fingerprint density at radius 1 is 0.224 bits per heavy atom. The molecule has 466 valence electrons. The zero-order valence-corrected chi connectivity index (χ0v) is 55.0. The van der Waals surface area contributed by atoms with Crippen molar-refractivity contribution in [2.24, 2.45) is 0 Å². The summed E-state index contributed by atoms with van der Waals surface area (Å²) in [5, 5.41) is 4.62. The molecule has 4 aromatic heterocycles. The summed E-state index contributed by atoms with van der Waals surface area (Å²) < 4.78 is 5.22. The van der Waals surface area contributed by atoms with Crippen molar-refractivity contribution in [3.05, 3.63) is 362 Å². The quantitative estimate of drug-likeness (QED) is 0.109. The summed E-state index contributed by atoms with van der Waals surface area (Å²) in [5.74, 6) is 0. The molecule has 0 atom stereocenters. The fourth-order valence-corrected chi connectivity index (χ4v) is 14.6. The smallest absolute Gasteiger partial charge is 0.0811 e. The number of fused-ring (bicyclic) bond motifs is 6. The van der Waals surface area contributed by atoms with Gasteiger partial charge in [0.2, 0.25) is 0 Å². The monoisotopic (exact) mass is 1260 g/mol. The van der Waals surface area contributed by atoms with Gasteiger partial charge in [0, 0.05) is 77.7 Å². The Bertz CT molecular complexity index is 5140. The van der Waals surface area contributed by atoms with Gasteiger partial charge in [-0.1, -0.05) is 241 Å². The van der Waals surface area contributed by atoms with Crippen LogP contribution in [0.25, 0.3) is 122 Å². The first-order chi connectivity index (χ1) is 48.3. The third-order valence-corrected chi connectivity index (χ3v) is 19.0. The highest BCUT2D eigenvalue weighted by Gasteiger charge is 2.38. The molecule has 0 amide bonds. The Morgan fingerprint density at radius 3 is 0.663 bits per heavy atom. The fourth-order valence-electron chi connectivity index (χ4n) is 14.6. The predicted molar refractivity (Wildman–Crippen MR) is 412 cm³/mol. The number of benzene rings is 13. The second kappa shape index (κ2) is 24.9. The van der Waals surface area contributed by atoms with Gasteiger partial charge in [-0.25, -0.2) is 9.97 Å². The van der Waals surface area contributed by atoms with Crippen LogP contribution in [0, 0.1) is 27.7 Å². The summed E-state index contributed by atoms with van der Waals surface area (Å²) in [5.41, 5.74) is 27.8. The van der Waals surface area contributed by atoms with E-state index in [1.165, 1.54) is 22.3 Å². The molecule has 0 radical (unpaired) electrons. The van der Waals surface area contributed by atoms with Crippen LogP contribution in [0.2, 0.25) is 0 Å². The maximum absolute atomic E-state index is 5.72. The Hall–Kier alpha value is -12.6. The van der Waals surface area contributed by atoms with E-state index in [-0.39, 0.29) is 0 Å². The number of nitrogens with zero attached hydrogens (tertiary/aromatic N) is 6. The molecule has 0 aliphatic heterocycles. The van der Waals surface area contributed by atoms with E-state index in [2.05, 4.69) is 386 Å². The number of hydrogen-bond donors (Lipinski definition) is 0. The number of pyridine rings is 2. The summed E-state index contributed by atoms with van der Waals surface area (Å²) in [4.78, 5) is 16.5. The van der Waals surface area contributed by atoms with Gasteiger partial charge in [-0.2, -0.15) is 0 Å². The molecule has 6 nitrogen and oxygen atoms in total. The zero-order chi connectivity index (χ0) is 65.8. The normalized spacial score (nSPS) is 11.5. The van der Waals surface area contributed by atoms with E-state index in [0.717, 1.165) is 156 Å². The molecule has 4 heterocycles. The number of aromatic nitrogens is 4. The van der Waals surface area contributed by atoms with Crippen molar-refractivity contribution in [1.82, 2.24) is 19.1 Å². The first-order valence-corrected chi connectivity index (χ1v) is 33.6. The number of aryl methyl sites for hydroxylation is 4. The summed E-state index contributed by atoms with van der Waals surface area (Å²) in [6, 6.07) is 124. The van der Waals surface area contributed by atoms with Gasteiger partial charge in [0.05, 0.1) is 67.6 Å². The minimum atomic E-state index is 0.838. The Labute approximate surface area is 571 Å². The highest BCUT2D eigenvalue weighted by atomic mass is 15.2. The van der Waals surface area contributed by atoms with Crippen molar-refractivity contribution in [2.75, 3.05) is 9.80 Å². The van der Waals surface area contributed by atoms with Crippen LogP contribution < -0.4 is 9.80 Å². The van der Waals surface area contributed by atoms with Gasteiger partial charge in [0.1, 0.15) is 0 Å². The molecule has 17 aromatic rings. The largest absolute Gasteiger partial charge is 0.308 e. The number of anilines is 6. The molecule has 0 aliphatic carbocycles. The maximum Gasteiger partial charge on any atom is 0.0811 e. The highest BCUT2D eigenvalue weighted by Crippen LogP contribution is 2.61. The van der Waals surface area contributed by atoms with Crippen LogP contribution in [-0.2, 0) is 0 Å². The minimum Gasteiger partial charge on any atom is -0.308 e. The zero-order valence-electron chi connectivity index (χ0n) is 55.0. The molecule has 13 aromatic carbocycles. The van der Waals surface area contributed by atoms with Crippen molar-refractivity contribution in [1.29, 1.82) is 0 Å². The van der Waals surface area contributed by atoms with Crippen molar-refractivity contribution in [3.8, 4) is 78.7 Å². The highest BCUT2D eigenvalue weighted by molar-refractivity contribution is 6.19. The van der Waals surface area contributed by atoms with E-state index in [0.29, 0.717) is 0 Å². The topological polar surface area (TPSA) is 42.1 Å². The molecular formula is C92H68N6. The lowest BCUT2D eigenvalue weighted by atomic mass is 9.87. The number of rotatable bonds is 14. The average molecular weight is 1260 g/mol. The van der Waals surface area contributed by atoms with E-state index in [4.69, 9.17) is 9.97 Å². The SMILES string of the molecule is Cc1ccc2c(c1)c1cc(C)ccc1n2-c1c(-c2cc(-c3ccccc3)nc(-c3ccccc3)c2)c(N(c2ccccc2)c2ccccc2)c(-n2c3ccc(C)cc3c3cc(C)ccc32)c(-c2cc(-c3ccccc3)nc(-c3ccccc3)c2)c1N(c1ccccc1)c1ccccc1. The third-order valence-electron chi connectivity index (χ3n) is 19.0. The minimum absolute atomic E-state index is 0.838. The molecule has 98 heavy (non-hydrogen) atoms. The second-order valence-corrected chi connectivity index (χ2v) is 25.6. The fraction of sp³-hybridized carbons (Fsp3) is 0.0435. The lowest BCUT2D eigenvalue weighted by Gasteiger charge is -2.38. The maximum atomic E-state index is 5.72. The van der Waals surface area contributed by atoms with Crippen LogP contribution in [0.3, 0.4) is 0 Å². The van der Waals surface area contributed by atoms with Crippen molar-refractivity contribution in [3.63, 3.8) is 0 Å². The van der Waals surface area contributed by atoms with Gasteiger partial charge in [0.15, 0.2) is 0 Å². The average Bonchev–Trinajstić information content (AvgIpc) is 1.32. The Morgan fingerprint density at radius 2 is 0.439 bits per heavy atom. The molecule has 0 saturated heterocycles. The number of para-hydroxylation sites is 4. The summed E-state index contributed by atoms with van der Waals surface area (Å²) in [6.45, 7) is 8.85. The van der Waals surface area contributed by atoms with Crippen LogP contribution in [0.5, 0.6) is 0 Å². The lowest BCUT2D eigenvalue weighted by molar-refractivity contribution is 1.11. The van der Waals surface area contributed by atoms with E-state index in [1.807, 2.05) is 0 Å². The number of hydrogen-bond acceptors (Lipinski definition) is 4. The van der Waals surface area contributed by atoms with Gasteiger partial charge in [0.25, 0.3) is 0 Å². The van der Waals surface area contributed by atoms with Gasteiger partial charge >= 0.3 is 0 Å². The molecule has 0 fully saturated rings. The van der Waals surface area contributed by atoms with Crippen molar-refractivity contribution >= 4 is 77.7 Å². The molecule has 0 N–H and O–H groups in total. The van der Waals surface area contributed by atoms with Crippen LogP contribution in [0.4, 0.5) is 34.1 Å². The van der Waals surface area contributed by atoms with Crippen molar-refractivity contribution in [2.45, 2.75) is 27.7 Å². The molecule has 17 rings (SSSR count). The lowest BCUT2D eigenvalue weighted by Crippen LogP contribution is -2.21.